The minimum Gasteiger partial charge on any atom is -0.478 e. The van der Waals surface area contributed by atoms with E-state index < -0.39 is 23.4 Å². The highest BCUT2D eigenvalue weighted by atomic mass is 19.2. The average molecular weight is 252 g/mol. The van der Waals surface area contributed by atoms with Gasteiger partial charge in [0.05, 0.1) is 5.56 Å². The monoisotopic (exact) mass is 252 g/mol. The number of rotatable bonds is 2. The van der Waals surface area contributed by atoms with Crippen molar-refractivity contribution in [2.24, 2.45) is 0 Å². The predicted octanol–water partition coefficient (Wildman–Crippen LogP) is 3.47. The van der Waals surface area contributed by atoms with Gasteiger partial charge in [-0.15, -0.1) is 0 Å². The fourth-order valence-corrected chi connectivity index (χ4v) is 1.60. The van der Waals surface area contributed by atoms with Gasteiger partial charge < -0.3 is 5.11 Å². The van der Waals surface area contributed by atoms with Crippen molar-refractivity contribution in [3.63, 3.8) is 0 Å². The van der Waals surface area contributed by atoms with Crippen LogP contribution in [0.3, 0.4) is 0 Å². The Morgan fingerprint density at radius 1 is 1.06 bits per heavy atom. The zero-order valence-electron chi connectivity index (χ0n) is 8.95. The lowest BCUT2D eigenvalue weighted by atomic mass is 10.0. The van der Waals surface area contributed by atoms with Crippen LogP contribution in [-0.4, -0.2) is 11.1 Å². The van der Waals surface area contributed by atoms with Crippen LogP contribution in [-0.2, 0) is 0 Å². The van der Waals surface area contributed by atoms with Gasteiger partial charge in [0.25, 0.3) is 0 Å². The van der Waals surface area contributed by atoms with E-state index in [-0.39, 0.29) is 16.7 Å². The molecule has 2 aromatic rings. The third-order valence-corrected chi connectivity index (χ3v) is 2.41. The Balaban J connectivity index is 2.64. The molecule has 0 spiro atoms. The summed E-state index contributed by atoms with van der Waals surface area (Å²) in [6, 6.07) is 6.28. The summed E-state index contributed by atoms with van der Waals surface area (Å²) in [5.41, 5.74) is -0.532. The summed E-state index contributed by atoms with van der Waals surface area (Å²) in [5, 5.41) is 8.77. The molecule has 0 atom stereocenters. The molecular formula is C13H7F3O2. The van der Waals surface area contributed by atoms with Crippen molar-refractivity contribution < 1.29 is 23.1 Å². The molecule has 0 saturated carbocycles. The van der Waals surface area contributed by atoms with Crippen molar-refractivity contribution in [2.75, 3.05) is 0 Å². The zero-order chi connectivity index (χ0) is 13.3. The molecule has 0 aliphatic heterocycles. The first kappa shape index (κ1) is 12.2. The van der Waals surface area contributed by atoms with Gasteiger partial charge in [0.2, 0.25) is 0 Å². The largest absolute Gasteiger partial charge is 0.478 e. The van der Waals surface area contributed by atoms with Gasteiger partial charge in [0.1, 0.15) is 5.82 Å². The van der Waals surface area contributed by atoms with Crippen molar-refractivity contribution in [3.8, 4) is 11.1 Å². The van der Waals surface area contributed by atoms with Crippen LogP contribution in [0.25, 0.3) is 11.1 Å². The number of hydrogen-bond acceptors (Lipinski definition) is 1. The maximum absolute atomic E-state index is 13.5. The summed E-state index contributed by atoms with van der Waals surface area (Å²) < 4.78 is 39.8. The van der Waals surface area contributed by atoms with E-state index in [0.717, 1.165) is 24.3 Å². The van der Waals surface area contributed by atoms with Gasteiger partial charge in [-0.05, 0) is 29.8 Å². The summed E-state index contributed by atoms with van der Waals surface area (Å²) in [6.07, 6.45) is 0. The molecule has 92 valence electrons. The molecule has 5 heteroatoms. The predicted molar refractivity (Wildman–Crippen MR) is 58.7 cm³/mol. The highest BCUT2D eigenvalue weighted by molar-refractivity contribution is 5.89. The average Bonchev–Trinajstić information content (AvgIpc) is 2.31. The third-order valence-electron chi connectivity index (χ3n) is 2.41. The Bertz CT molecular complexity index is 624. The van der Waals surface area contributed by atoms with E-state index >= 15 is 0 Å². The summed E-state index contributed by atoms with van der Waals surface area (Å²) in [6.45, 7) is 0. The molecule has 2 nitrogen and oxygen atoms in total. The molecule has 1 N–H and O–H groups in total. The van der Waals surface area contributed by atoms with Crippen LogP contribution in [0.2, 0.25) is 0 Å². The number of benzene rings is 2. The van der Waals surface area contributed by atoms with Gasteiger partial charge in [0, 0.05) is 5.56 Å². The van der Waals surface area contributed by atoms with E-state index in [1.165, 1.54) is 12.1 Å². The van der Waals surface area contributed by atoms with Gasteiger partial charge >= 0.3 is 5.97 Å². The lowest BCUT2D eigenvalue weighted by Gasteiger charge is -2.06. The van der Waals surface area contributed by atoms with E-state index in [2.05, 4.69) is 0 Å². The molecule has 2 aromatic carbocycles. The Labute approximate surface area is 100 Å². The van der Waals surface area contributed by atoms with Gasteiger partial charge in [-0.3, -0.25) is 0 Å². The first-order valence-electron chi connectivity index (χ1n) is 4.97. The third kappa shape index (κ3) is 2.20. The molecule has 0 aromatic heterocycles. The number of halogens is 3. The maximum Gasteiger partial charge on any atom is 0.335 e. The second kappa shape index (κ2) is 4.52. The molecule has 0 aliphatic carbocycles. The minimum atomic E-state index is -1.34. The number of aromatic carboxylic acids is 1. The summed E-state index contributed by atoms with van der Waals surface area (Å²) in [4.78, 5) is 10.8. The Morgan fingerprint density at radius 3 is 2.44 bits per heavy atom. The summed E-state index contributed by atoms with van der Waals surface area (Å²) in [5.74, 6) is -4.38. The van der Waals surface area contributed by atoms with Crippen molar-refractivity contribution in [1.82, 2.24) is 0 Å². The fourth-order valence-electron chi connectivity index (χ4n) is 1.60. The van der Waals surface area contributed by atoms with E-state index in [1.807, 2.05) is 0 Å². The normalized spacial score (nSPS) is 10.4. The standard InChI is InChI=1S/C13H7F3O2/c14-9-5-7(4-8(6-9)13(17)18)10-2-1-3-11(15)12(10)16/h1-6H,(H,17,18). The molecule has 2 rings (SSSR count). The van der Waals surface area contributed by atoms with Crippen LogP contribution in [0.4, 0.5) is 13.2 Å². The van der Waals surface area contributed by atoms with E-state index in [9.17, 15) is 18.0 Å². The number of carboxylic acids is 1. The molecule has 0 aliphatic rings. The molecule has 0 fully saturated rings. The lowest BCUT2D eigenvalue weighted by Crippen LogP contribution is -1.98. The lowest BCUT2D eigenvalue weighted by molar-refractivity contribution is 0.0696. The van der Waals surface area contributed by atoms with Gasteiger partial charge in [-0.2, -0.15) is 0 Å². The molecule has 0 unspecified atom stereocenters. The smallest absolute Gasteiger partial charge is 0.335 e. The molecule has 0 heterocycles. The van der Waals surface area contributed by atoms with Crippen LogP contribution >= 0.6 is 0 Å². The van der Waals surface area contributed by atoms with Gasteiger partial charge in [-0.25, -0.2) is 18.0 Å². The zero-order valence-corrected chi connectivity index (χ0v) is 8.95. The van der Waals surface area contributed by atoms with Crippen molar-refractivity contribution in [1.29, 1.82) is 0 Å². The minimum absolute atomic E-state index is 0.0237. The van der Waals surface area contributed by atoms with Crippen molar-refractivity contribution in [3.05, 3.63) is 59.4 Å². The molecular weight excluding hydrogens is 245 g/mol. The topological polar surface area (TPSA) is 37.3 Å². The summed E-state index contributed by atoms with van der Waals surface area (Å²) >= 11 is 0. The fraction of sp³-hybridized carbons (Fsp3) is 0. The van der Waals surface area contributed by atoms with E-state index in [0.29, 0.717) is 0 Å². The van der Waals surface area contributed by atoms with E-state index in [1.54, 1.807) is 0 Å². The highest BCUT2D eigenvalue weighted by Gasteiger charge is 2.13. The quantitative estimate of drug-likeness (QED) is 0.888. The van der Waals surface area contributed by atoms with Crippen LogP contribution in [0, 0.1) is 17.5 Å². The summed E-state index contributed by atoms with van der Waals surface area (Å²) in [7, 11) is 0. The van der Waals surface area contributed by atoms with Crippen LogP contribution < -0.4 is 0 Å². The van der Waals surface area contributed by atoms with Crippen molar-refractivity contribution >= 4 is 5.97 Å². The van der Waals surface area contributed by atoms with Gasteiger partial charge in [0.15, 0.2) is 11.6 Å². The maximum atomic E-state index is 13.5. The second-order valence-corrected chi connectivity index (χ2v) is 3.64. The van der Waals surface area contributed by atoms with Crippen molar-refractivity contribution in [2.45, 2.75) is 0 Å². The number of carboxylic acid groups (broad SMARTS) is 1. The highest BCUT2D eigenvalue weighted by Crippen LogP contribution is 2.26. The molecule has 0 saturated heterocycles. The first-order valence-corrected chi connectivity index (χ1v) is 4.97. The number of hydrogen-bond donors (Lipinski definition) is 1. The molecule has 0 amide bonds. The molecule has 0 bridgehead atoms. The SMILES string of the molecule is O=C(O)c1cc(F)cc(-c2cccc(F)c2F)c1. The number of carbonyl (C=O) groups is 1. The van der Waals surface area contributed by atoms with Gasteiger partial charge in [-0.1, -0.05) is 12.1 Å². The van der Waals surface area contributed by atoms with Crippen LogP contribution in [0.5, 0.6) is 0 Å². The molecule has 0 radical (unpaired) electrons. The second-order valence-electron chi connectivity index (χ2n) is 3.64. The first-order chi connectivity index (χ1) is 8.49. The Hall–Kier alpha value is -2.30. The Morgan fingerprint density at radius 2 is 1.78 bits per heavy atom. The van der Waals surface area contributed by atoms with E-state index in [4.69, 9.17) is 5.11 Å². The van der Waals surface area contributed by atoms with Crippen LogP contribution in [0.1, 0.15) is 10.4 Å². The molecule has 18 heavy (non-hydrogen) atoms. The van der Waals surface area contributed by atoms with Crippen LogP contribution in [0.15, 0.2) is 36.4 Å². The Kier molecular flexibility index (Phi) is 3.06.